The van der Waals surface area contributed by atoms with Crippen molar-refractivity contribution in [1.82, 2.24) is 10.2 Å². The number of fused-ring (bicyclic) bond motifs is 1. The fourth-order valence-corrected chi connectivity index (χ4v) is 4.68. The van der Waals surface area contributed by atoms with Crippen molar-refractivity contribution in [3.63, 3.8) is 0 Å². The third kappa shape index (κ3) is 8.55. The van der Waals surface area contributed by atoms with E-state index in [-0.39, 0.29) is 43.0 Å². The maximum atomic E-state index is 14.0. The van der Waals surface area contributed by atoms with Crippen LogP contribution in [0.2, 0.25) is 0 Å². The Balaban J connectivity index is 1.93. The molecule has 0 saturated carbocycles. The predicted molar refractivity (Wildman–Crippen MR) is 150 cm³/mol. The summed E-state index contributed by atoms with van der Waals surface area (Å²) in [5.41, 5.74) is 1.80. The molecule has 1 aliphatic heterocycles. The van der Waals surface area contributed by atoms with Crippen LogP contribution in [-0.4, -0.2) is 73.4 Å². The maximum absolute atomic E-state index is 14.0. The number of anilines is 1. The smallest absolute Gasteiger partial charge is 0.258 e. The summed E-state index contributed by atoms with van der Waals surface area (Å²) in [7, 11) is 1.89. The second-order valence-corrected chi connectivity index (χ2v) is 10.3. The van der Waals surface area contributed by atoms with E-state index in [4.69, 9.17) is 9.47 Å². The number of aliphatic hydroxyl groups is 1. The highest BCUT2D eigenvalue weighted by atomic mass is 16.5. The summed E-state index contributed by atoms with van der Waals surface area (Å²) in [6.07, 6.45) is 2.77. The van der Waals surface area contributed by atoms with Crippen molar-refractivity contribution >= 4 is 17.5 Å². The van der Waals surface area contributed by atoms with Gasteiger partial charge in [-0.05, 0) is 63.9 Å². The molecule has 3 rings (SSSR count). The molecule has 4 atom stereocenters. The number of nitrogens with one attached hydrogen (secondary N) is 2. The monoisotopic (exact) mass is 525 g/mol. The van der Waals surface area contributed by atoms with Gasteiger partial charge in [-0.15, -0.1) is 0 Å². The molecule has 1 aliphatic rings. The number of rotatable bonds is 7. The van der Waals surface area contributed by atoms with Crippen LogP contribution in [0, 0.1) is 5.92 Å². The number of benzene rings is 2. The van der Waals surface area contributed by atoms with Crippen LogP contribution in [0.3, 0.4) is 0 Å². The van der Waals surface area contributed by atoms with Crippen molar-refractivity contribution in [1.29, 1.82) is 0 Å². The van der Waals surface area contributed by atoms with Gasteiger partial charge in [-0.3, -0.25) is 9.59 Å². The van der Waals surface area contributed by atoms with Gasteiger partial charge >= 0.3 is 0 Å². The van der Waals surface area contributed by atoms with Gasteiger partial charge in [0, 0.05) is 31.3 Å². The molecular formula is C30H43N3O5. The Bertz CT molecular complexity index is 1030. The molecule has 2 amide bonds. The number of carbonyl (C=O) groups is 2. The zero-order valence-corrected chi connectivity index (χ0v) is 23.1. The minimum atomic E-state index is -0.408. The van der Waals surface area contributed by atoms with E-state index in [1.165, 1.54) is 0 Å². The Morgan fingerprint density at radius 2 is 1.92 bits per heavy atom. The van der Waals surface area contributed by atoms with Crippen molar-refractivity contribution in [2.24, 2.45) is 5.92 Å². The molecule has 38 heavy (non-hydrogen) atoms. The highest BCUT2D eigenvalue weighted by molar-refractivity contribution is 6.00. The molecule has 0 radical (unpaired) electrons. The summed E-state index contributed by atoms with van der Waals surface area (Å²) >= 11 is 0. The molecular weight excluding hydrogens is 482 g/mol. The number of nitrogens with zero attached hydrogens (tertiary/aromatic N) is 1. The zero-order chi connectivity index (χ0) is 27.5. The molecule has 2 aromatic rings. The van der Waals surface area contributed by atoms with Gasteiger partial charge in [0.2, 0.25) is 5.91 Å². The van der Waals surface area contributed by atoms with Gasteiger partial charge in [0.25, 0.3) is 5.91 Å². The van der Waals surface area contributed by atoms with Crippen LogP contribution >= 0.6 is 0 Å². The molecule has 3 N–H and O–H groups in total. The van der Waals surface area contributed by atoms with Crippen LogP contribution < -0.4 is 15.4 Å². The quantitative estimate of drug-likeness (QED) is 0.507. The van der Waals surface area contributed by atoms with E-state index in [0.29, 0.717) is 36.7 Å². The maximum Gasteiger partial charge on any atom is 0.258 e. The Labute approximate surface area is 226 Å². The third-order valence-electron chi connectivity index (χ3n) is 6.95. The fraction of sp³-hybridized carbons (Fsp3) is 0.533. The Hall–Kier alpha value is -2.94. The lowest BCUT2D eigenvalue weighted by molar-refractivity contribution is -0.115. The van der Waals surface area contributed by atoms with E-state index in [1.807, 2.05) is 51.2 Å². The number of amides is 2. The molecule has 0 saturated heterocycles. The minimum Gasteiger partial charge on any atom is -0.490 e. The van der Waals surface area contributed by atoms with Crippen molar-refractivity contribution in [2.75, 3.05) is 38.7 Å². The summed E-state index contributed by atoms with van der Waals surface area (Å²) in [6.45, 7) is 7.45. The van der Waals surface area contributed by atoms with Gasteiger partial charge in [0.1, 0.15) is 5.75 Å². The summed E-state index contributed by atoms with van der Waals surface area (Å²) in [6, 6.07) is 14.3. The zero-order valence-electron chi connectivity index (χ0n) is 23.1. The number of ether oxygens (including phenoxy) is 2. The molecule has 0 spiro atoms. The Kier molecular flexibility index (Phi) is 11.6. The van der Waals surface area contributed by atoms with Crippen LogP contribution in [0.15, 0.2) is 48.5 Å². The van der Waals surface area contributed by atoms with Crippen LogP contribution in [0.5, 0.6) is 5.75 Å². The Morgan fingerprint density at radius 3 is 2.63 bits per heavy atom. The van der Waals surface area contributed by atoms with E-state index < -0.39 is 6.04 Å². The van der Waals surface area contributed by atoms with Crippen LogP contribution in [0.25, 0.3) is 0 Å². The lowest BCUT2D eigenvalue weighted by Crippen LogP contribution is -2.47. The first-order chi connectivity index (χ1) is 18.3. The summed E-state index contributed by atoms with van der Waals surface area (Å²) in [5, 5.41) is 16.1. The van der Waals surface area contributed by atoms with E-state index in [9.17, 15) is 14.7 Å². The number of carbonyl (C=O) groups excluding carboxylic acids is 2. The number of hydrogen-bond acceptors (Lipinski definition) is 6. The second-order valence-electron chi connectivity index (χ2n) is 10.3. The van der Waals surface area contributed by atoms with Crippen LogP contribution in [0.4, 0.5) is 5.69 Å². The lowest BCUT2D eigenvalue weighted by Gasteiger charge is -2.34. The first kappa shape index (κ1) is 29.6. The molecule has 0 aliphatic carbocycles. The molecule has 2 aromatic carbocycles. The molecule has 8 nitrogen and oxygen atoms in total. The van der Waals surface area contributed by atoms with Gasteiger partial charge in [0.05, 0.1) is 36.8 Å². The number of hydrogen-bond donors (Lipinski definition) is 3. The SMILES string of the molecule is CNC[C@@H]1OCCCC[C@H](C)Oc2ccc(NC(=O)Cc3ccccc3)cc2C(=O)N([C@@H](C)CO)C[C@@H]1C. The summed E-state index contributed by atoms with van der Waals surface area (Å²) < 4.78 is 12.4. The van der Waals surface area contributed by atoms with Gasteiger partial charge in [0.15, 0.2) is 0 Å². The molecule has 208 valence electrons. The third-order valence-corrected chi connectivity index (χ3v) is 6.95. The molecule has 0 fully saturated rings. The first-order valence-electron chi connectivity index (χ1n) is 13.6. The van der Waals surface area contributed by atoms with Crippen LogP contribution in [-0.2, 0) is 16.0 Å². The normalized spacial score (nSPS) is 22.1. The standard InChI is InChI=1S/C30H43N3O5/c1-21-19-33(22(2)20-34)30(36)26-17-25(32-29(35)16-24-11-6-5-7-12-24)13-14-27(26)38-23(3)10-8-9-15-37-28(21)18-31-4/h5-7,11-14,17,21-23,28,31,34H,8-10,15-16,18-20H2,1-4H3,(H,32,35)/t21-,22-,23-,28-/m0/s1. The predicted octanol–water partition coefficient (Wildman–Crippen LogP) is 3.88. The average Bonchev–Trinajstić information content (AvgIpc) is 2.90. The fourth-order valence-electron chi connectivity index (χ4n) is 4.68. The highest BCUT2D eigenvalue weighted by Gasteiger charge is 2.29. The molecule has 0 bridgehead atoms. The largest absolute Gasteiger partial charge is 0.490 e. The van der Waals surface area contributed by atoms with Gasteiger partial charge in [-0.2, -0.15) is 0 Å². The molecule has 0 aromatic heterocycles. The summed E-state index contributed by atoms with van der Waals surface area (Å²) in [5.74, 6) is 0.0897. The minimum absolute atomic E-state index is 0.0281. The van der Waals surface area contributed by atoms with E-state index >= 15 is 0 Å². The number of aliphatic hydroxyl groups excluding tert-OH is 1. The lowest BCUT2D eigenvalue weighted by atomic mass is 10.0. The molecule has 1 heterocycles. The highest BCUT2D eigenvalue weighted by Crippen LogP contribution is 2.28. The van der Waals surface area contributed by atoms with Gasteiger partial charge < -0.3 is 30.1 Å². The van der Waals surface area contributed by atoms with Crippen molar-refractivity contribution in [3.8, 4) is 5.75 Å². The first-order valence-corrected chi connectivity index (χ1v) is 13.6. The van der Waals surface area contributed by atoms with Gasteiger partial charge in [-0.25, -0.2) is 0 Å². The van der Waals surface area contributed by atoms with Crippen LogP contribution in [0.1, 0.15) is 56.0 Å². The summed E-state index contributed by atoms with van der Waals surface area (Å²) in [4.78, 5) is 28.4. The Morgan fingerprint density at radius 1 is 1.16 bits per heavy atom. The van der Waals surface area contributed by atoms with Crippen molar-refractivity contribution in [3.05, 3.63) is 59.7 Å². The van der Waals surface area contributed by atoms with Gasteiger partial charge in [-0.1, -0.05) is 37.3 Å². The number of likely N-dealkylation sites (N-methyl/N-ethyl adjacent to an activating group) is 1. The average molecular weight is 526 g/mol. The van der Waals surface area contributed by atoms with E-state index in [1.54, 1.807) is 23.1 Å². The van der Waals surface area contributed by atoms with Crippen molar-refractivity contribution < 1.29 is 24.2 Å². The molecule has 8 heteroatoms. The topological polar surface area (TPSA) is 100 Å². The molecule has 0 unspecified atom stereocenters. The second kappa shape index (κ2) is 14.9. The van der Waals surface area contributed by atoms with E-state index in [0.717, 1.165) is 24.8 Å². The van der Waals surface area contributed by atoms with E-state index in [2.05, 4.69) is 17.6 Å². The van der Waals surface area contributed by atoms with Crippen molar-refractivity contribution in [2.45, 2.75) is 64.7 Å².